The molecule has 90 valence electrons. The van der Waals surface area contributed by atoms with Crippen LogP contribution in [0.15, 0.2) is 12.1 Å². The average molecular weight is 227 g/mol. The first kappa shape index (κ1) is 12.6. The van der Waals surface area contributed by atoms with E-state index in [1.165, 1.54) is 7.11 Å². The lowest BCUT2D eigenvalue weighted by molar-refractivity contribution is 0.263. The molecular formula is C11H17NO4. The molecule has 0 unspecified atom stereocenters. The van der Waals surface area contributed by atoms with Crippen molar-refractivity contribution >= 4 is 0 Å². The molecule has 3 N–H and O–H groups in total. The van der Waals surface area contributed by atoms with Crippen molar-refractivity contribution in [3.05, 3.63) is 17.7 Å². The molecule has 1 aromatic rings. The summed E-state index contributed by atoms with van der Waals surface area (Å²) in [4.78, 5) is 0. The molecule has 0 aromatic heterocycles. The summed E-state index contributed by atoms with van der Waals surface area (Å²) in [6.45, 7) is -0.161. The molecule has 0 heterocycles. The Hall–Kier alpha value is -1.46. The summed E-state index contributed by atoms with van der Waals surface area (Å²) in [7, 11) is 4.62. The standard InChI is InChI=1S/C11H17NO4/c1-14-9-5-11(16-3)10(15-2)4-7(9)8(12)6-13/h4-5,8,13H,6,12H2,1-3H3/t8-/m0/s1. The van der Waals surface area contributed by atoms with Gasteiger partial charge in [0.15, 0.2) is 11.5 Å². The van der Waals surface area contributed by atoms with Gasteiger partial charge in [0.25, 0.3) is 0 Å². The van der Waals surface area contributed by atoms with Gasteiger partial charge in [-0.3, -0.25) is 0 Å². The van der Waals surface area contributed by atoms with Crippen molar-refractivity contribution in [2.45, 2.75) is 6.04 Å². The van der Waals surface area contributed by atoms with Gasteiger partial charge in [-0.1, -0.05) is 0 Å². The third-order valence-electron chi connectivity index (χ3n) is 2.33. The summed E-state index contributed by atoms with van der Waals surface area (Å²) in [6.07, 6.45) is 0. The van der Waals surface area contributed by atoms with Crippen LogP contribution in [0.5, 0.6) is 17.2 Å². The Morgan fingerprint density at radius 1 is 1.06 bits per heavy atom. The van der Waals surface area contributed by atoms with Gasteiger partial charge in [-0.25, -0.2) is 0 Å². The van der Waals surface area contributed by atoms with Crippen LogP contribution in [0.3, 0.4) is 0 Å². The number of rotatable bonds is 5. The highest BCUT2D eigenvalue weighted by atomic mass is 16.5. The lowest BCUT2D eigenvalue weighted by Crippen LogP contribution is -2.15. The lowest BCUT2D eigenvalue weighted by Gasteiger charge is -2.17. The molecule has 16 heavy (non-hydrogen) atoms. The fraction of sp³-hybridized carbons (Fsp3) is 0.455. The molecule has 1 atom stereocenters. The minimum atomic E-state index is -0.505. The van der Waals surface area contributed by atoms with Crippen molar-refractivity contribution in [1.82, 2.24) is 0 Å². The second kappa shape index (κ2) is 5.58. The maximum Gasteiger partial charge on any atom is 0.164 e. The Bertz CT molecular complexity index is 354. The maximum absolute atomic E-state index is 9.05. The first-order valence-corrected chi connectivity index (χ1v) is 4.84. The van der Waals surface area contributed by atoms with Gasteiger partial charge in [-0.15, -0.1) is 0 Å². The highest BCUT2D eigenvalue weighted by molar-refractivity contribution is 5.51. The minimum absolute atomic E-state index is 0.161. The predicted molar refractivity (Wildman–Crippen MR) is 60.1 cm³/mol. The smallest absolute Gasteiger partial charge is 0.164 e. The fourth-order valence-corrected chi connectivity index (χ4v) is 1.44. The van der Waals surface area contributed by atoms with Crippen molar-refractivity contribution in [3.8, 4) is 17.2 Å². The maximum atomic E-state index is 9.05. The van der Waals surface area contributed by atoms with Crippen LogP contribution in [0, 0.1) is 0 Å². The summed E-state index contributed by atoms with van der Waals surface area (Å²) in [5, 5.41) is 9.05. The molecule has 5 heteroatoms. The number of nitrogens with two attached hydrogens (primary N) is 1. The van der Waals surface area contributed by atoms with E-state index in [2.05, 4.69) is 0 Å². The quantitative estimate of drug-likeness (QED) is 0.774. The Morgan fingerprint density at radius 3 is 2.00 bits per heavy atom. The van der Waals surface area contributed by atoms with E-state index in [4.69, 9.17) is 25.1 Å². The molecule has 5 nitrogen and oxygen atoms in total. The van der Waals surface area contributed by atoms with Crippen molar-refractivity contribution in [3.63, 3.8) is 0 Å². The van der Waals surface area contributed by atoms with E-state index < -0.39 is 6.04 Å². The predicted octanol–water partition coefficient (Wildman–Crippen LogP) is 0.704. The molecule has 0 aliphatic carbocycles. The number of aliphatic hydroxyl groups is 1. The van der Waals surface area contributed by atoms with Gasteiger partial charge in [0.2, 0.25) is 0 Å². The van der Waals surface area contributed by atoms with Crippen molar-refractivity contribution in [1.29, 1.82) is 0 Å². The van der Waals surface area contributed by atoms with Crippen LogP contribution in [0.2, 0.25) is 0 Å². The van der Waals surface area contributed by atoms with Gasteiger partial charge in [-0.05, 0) is 6.07 Å². The number of ether oxygens (including phenoxy) is 3. The Morgan fingerprint density at radius 2 is 1.56 bits per heavy atom. The number of hydrogen-bond acceptors (Lipinski definition) is 5. The van der Waals surface area contributed by atoms with Gasteiger partial charge >= 0.3 is 0 Å². The molecule has 1 aromatic carbocycles. The molecule has 0 aliphatic heterocycles. The first-order chi connectivity index (χ1) is 7.67. The van der Waals surface area contributed by atoms with Gasteiger partial charge in [0, 0.05) is 11.6 Å². The van der Waals surface area contributed by atoms with Crippen molar-refractivity contribution in [2.24, 2.45) is 5.73 Å². The van der Waals surface area contributed by atoms with E-state index in [1.807, 2.05) is 0 Å². The van der Waals surface area contributed by atoms with Crippen LogP contribution >= 0.6 is 0 Å². The van der Waals surface area contributed by atoms with Gasteiger partial charge < -0.3 is 25.1 Å². The zero-order chi connectivity index (χ0) is 12.1. The third-order valence-corrected chi connectivity index (χ3v) is 2.33. The van der Waals surface area contributed by atoms with Crippen LogP contribution in [-0.2, 0) is 0 Å². The van der Waals surface area contributed by atoms with Crippen LogP contribution in [0.25, 0.3) is 0 Å². The third kappa shape index (κ3) is 2.37. The molecule has 0 saturated carbocycles. The average Bonchev–Trinajstić information content (AvgIpc) is 2.35. The van der Waals surface area contributed by atoms with E-state index in [1.54, 1.807) is 26.4 Å². The van der Waals surface area contributed by atoms with Crippen LogP contribution in [-0.4, -0.2) is 33.0 Å². The normalized spacial score (nSPS) is 12.1. The van der Waals surface area contributed by atoms with E-state index in [0.29, 0.717) is 22.8 Å². The van der Waals surface area contributed by atoms with Crippen LogP contribution < -0.4 is 19.9 Å². The van der Waals surface area contributed by atoms with Gasteiger partial charge in [0.1, 0.15) is 5.75 Å². The van der Waals surface area contributed by atoms with Gasteiger partial charge in [0.05, 0.1) is 34.0 Å². The number of aliphatic hydroxyl groups excluding tert-OH is 1. The van der Waals surface area contributed by atoms with Crippen molar-refractivity contribution < 1.29 is 19.3 Å². The minimum Gasteiger partial charge on any atom is -0.496 e. The second-order valence-corrected chi connectivity index (χ2v) is 3.24. The Balaban J connectivity index is 3.25. The number of benzene rings is 1. The topological polar surface area (TPSA) is 73.9 Å². The summed E-state index contributed by atoms with van der Waals surface area (Å²) < 4.78 is 15.5. The zero-order valence-corrected chi connectivity index (χ0v) is 9.69. The molecule has 0 aliphatic rings. The van der Waals surface area contributed by atoms with Crippen LogP contribution in [0.4, 0.5) is 0 Å². The number of methoxy groups -OCH3 is 3. The molecule has 0 amide bonds. The Kier molecular flexibility index (Phi) is 4.39. The molecule has 0 bridgehead atoms. The van der Waals surface area contributed by atoms with E-state index in [-0.39, 0.29) is 6.61 Å². The molecule has 0 saturated heterocycles. The molecular weight excluding hydrogens is 210 g/mol. The van der Waals surface area contributed by atoms with Crippen LogP contribution in [0.1, 0.15) is 11.6 Å². The largest absolute Gasteiger partial charge is 0.496 e. The summed E-state index contributed by atoms with van der Waals surface area (Å²) >= 11 is 0. The SMILES string of the molecule is COc1cc(OC)c([C@@H](N)CO)cc1OC. The molecule has 1 rings (SSSR count). The highest BCUT2D eigenvalue weighted by Gasteiger charge is 2.16. The van der Waals surface area contributed by atoms with Crippen molar-refractivity contribution in [2.75, 3.05) is 27.9 Å². The fourth-order valence-electron chi connectivity index (χ4n) is 1.44. The van der Waals surface area contributed by atoms with E-state index in [0.717, 1.165) is 0 Å². The summed E-state index contributed by atoms with van der Waals surface area (Å²) in [5.41, 5.74) is 6.44. The van der Waals surface area contributed by atoms with E-state index >= 15 is 0 Å². The van der Waals surface area contributed by atoms with E-state index in [9.17, 15) is 0 Å². The van der Waals surface area contributed by atoms with Gasteiger partial charge in [-0.2, -0.15) is 0 Å². The second-order valence-electron chi connectivity index (χ2n) is 3.24. The monoisotopic (exact) mass is 227 g/mol. The summed E-state index contributed by atoms with van der Waals surface area (Å²) in [6, 6.07) is 2.89. The molecule has 0 fully saturated rings. The summed E-state index contributed by atoms with van der Waals surface area (Å²) in [5.74, 6) is 1.69. The number of hydrogen-bond donors (Lipinski definition) is 2. The molecule has 0 spiro atoms. The first-order valence-electron chi connectivity index (χ1n) is 4.84. The Labute approximate surface area is 94.7 Å². The highest BCUT2D eigenvalue weighted by Crippen LogP contribution is 2.36. The lowest BCUT2D eigenvalue weighted by atomic mass is 10.1. The zero-order valence-electron chi connectivity index (χ0n) is 9.69. The molecule has 0 radical (unpaired) electrons.